The van der Waals surface area contributed by atoms with E-state index in [1.807, 2.05) is 0 Å². The van der Waals surface area contributed by atoms with Crippen LogP contribution < -0.4 is 5.32 Å². The molecule has 1 spiro atoms. The minimum absolute atomic E-state index is 0.189. The highest BCUT2D eigenvalue weighted by molar-refractivity contribution is 7.99. The summed E-state index contributed by atoms with van der Waals surface area (Å²) in [6, 6.07) is 0.664. The average molecular weight is 300 g/mol. The number of thioether (sulfide) groups is 1. The predicted octanol–water partition coefficient (Wildman–Crippen LogP) is 1.35. The molecule has 20 heavy (non-hydrogen) atoms. The molecule has 3 heterocycles. The molecule has 5 heteroatoms. The quantitative estimate of drug-likeness (QED) is 0.851. The van der Waals surface area contributed by atoms with Crippen molar-refractivity contribution < 1.29 is 9.47 Å². The third-order valence-corrected chi connectivity index (χ3v) is 5.98. The molecule has 116 valence electrons. The lowest BCUT2D eigenvalue weighted by atomic mass is 9.85. The first-order chi connectivity index (χ1) is 9.77. The number of nitrogens with zero attached hydrogens (tertiary/aromatic N) is 1. The second-order valence-corrected chi connectivity index (χ2v) is 7.65. The number of hydrogen-bond acceptors (Lipinski definition) is 5. The molecule has 3 fully saturated rings. The van der Waals surface area contributed by atoms with Gasteiger partial charge in [-0.15, -0.1) is 0 Å². The number of nitrogens with one attached hydrogen (secondary N) is 1. The third kappa shape index (κ3) is 3.69. The van der Waals surface area contributed by atoms with Gasteiger partial charge in [0, 0.05) is 32.3 Å². The molecular formula is C15H28N2O2S. The van der Waals surface area contributed by atoms with Crippen molar-refractivity contribution in [2.75, 3.05) is 51.4 Å². The van der Waals surface area contributed by atoms with Gasteiger partial charge in [0.1, 0.15) is 0 Å². The second-order valence-electron chi connectivity index (χ2n) is 6.43. The predicted molar refractivity (Wildman–Crippen MR) is 83.5 cm³/mol. The Hall–Kier alpha value is 0.190. The van der Waals surface area contributed by atoms with Crippen LogP contribution in [0.2, 0.25) is 0 Å². The van der Waals surface area contributed by atoms with Crippen LogP contribution in [0.5, 0.6) is 0 Å². The molecule has 0 aromatic carbocycles. The molecule has 0 amide bonds. The number of hydrogen-bond donors (Lipinski definition) is 1. The van der Waals surface area contributed by atoms with Crippen LogP contribution in [-0.2, 0) is 9.47 Å². The van der Waals surface area contributed by atoms with Crippen LogP contribution >= 0.6 is 11.8 Å². The highest BCUT2D eigenvalue weighted by Gasteiger charge is 2.40. The van der Waals surface area contributed by atoms with Crippen molar-refractivity contribution in [2.24, 2.45) is 0 Å². The molecule has 3 aliphatic rings. The number of rotatable bonds is 3. The fourth-order valence-corrected chi connectivity index (χ4v) is 4.91. The largest absolute Gasteiger partial charge is 0.375 e. The van der Waals surface area contributed by atoms with Gasteiger partial charge >= 0.3 is 0 Å². The normalized spacial score (nSPS) is 34.5. The Morgan fingerprint density at radius 2 is 2.15 bits per heavy atom. The Morgan fingerprint density at radius 3 is 2.90 bits per heavy atom. The zero-order valence-electron chi connectivity index (χ0n) is 12.6. The van der Waals surface area contributed by atoms with E-state index < -0.39 is 0 Å². The SMILES string of the molecule is CN(CC1CNCCO1)C1CCOC2(CCSCC2)C1. The second kappa shape index (κ2) is 6.97. The van der Waals surface area contributed by atoms with Gasteiger partial charge in [-0.05, 0) is 44.2 Å². The van der Waals surface area contributed by atoms with E-state index in [2.05, 4.69) is 29.0 Å². The molecule has 3 saturated heterocycles. The van der Waals surface area contributed by atoms with E-state index in [4.69, 9.17) is 9.47 Å². The fourth-order valence-electron chi connectivity index (χ4n) is 3.68. The smallest absolute Gasteiger partial charge is 0.0826 e. The Bertz CT molecular complexity index is 299. The zero-order chi connectivity index (χ0) is 13.8. The summed E-state index contributed by atoms with van der Waals surface area (Å²) in [5.41, 5.74) is 0.189. The molecular weight excluding hydrogens is 272 g/mol. The van der Waals surface area contributed by atoms with Crippen molar-refractivity contribution in [1.82, 2.24) is 10.2 Å². The fraction of sp³-hybridized carbons (Fsp3) is 1.00. The van der Waals surface area contributed by atoms with Gasteiger partial charge < -0.3 is 19.7 Å². The maximum absolute atomic E-state index is 6.19. The Kier molecular flexibility index (Phi) is 5.26. The van der Waals surface area contributed by atoms with Gasteiger partial charge in [-0.3, -0.25) is 0 Å². The van der Waals surface area contributed by atoms with Crippen molar-refractivity contribution in [1.29, 1.82) is 0 Å². The van der Waals surface area contributed by atoms with Crippen LogP contribution in [0.4, 0.5) is 0 Å². The number of morpholine rings is 1. The highest BCUT2D eigenvalue weighted by atomic mass is 32.2. The van der Waals surface area contributed by atoms with Crippen molar-refractivity contribution in [3.63, 3.8) is 0 Å². The van der Waals surface area contributed by atoms with Crippen molar-refractivity contribution in [3.8, 4) is 0 Å². The summed E-state index contributed by atoms with van der Waals surface area (Å²) in [4.78, 5) is 2.52. The topological polar surface area (TPSA) is 33.7 Å². The summed E-state index contributed by atoms with van der Waals surface area (Å²) >= 11 is 2.08. The van der Waals surface area contributed by atoms with Gasteiger partial charge in [0.25, 0.3) is 0 Å². The first kappa shape index (κ1) is 15.1. The van der Waals surface area contributed by atoms with Gasteiger partial charge in [-0.2, -0.15) is 11.8 Å². The molecule has 0 aromatic heterocycles. The van der Waals surface area contributed by atoms with Crippen LogP contribution in [0, 0.1) is 0 Å². The molecule has 0 bridgehead atoms. The molecule has 2 atom stereocenters. The summed E-state index contributed by atoms with van der Waals surface area (Å²) in [7, 11) is 2.26. The molecule has 0 aliphatic carbocycles. The Morgan fingerprint density at radius 1 is 1.30 bits per heavy atom. The Labute approximate surface area is 126 Å². The lowest BCUT2D eigenvalue weighted by Gasteiger charge is -2.46. The van der Waals surface area contributed by atoms with Crippen molar-refractivity contribution >= 4 is 11.8 Å². The lowest BCUT2D eigenvalue weighted by molar-refractivity contribution is -0.112. The van der Waals surface area contributed by atoms with Gasteiger partial charge in [0.05, 0.1) is 18.3 Å². The van der Waals surface area contributed by atoms with E-state index in [1.165, 1.54) is 37.2 Å². The molecule has 0 aromatic rings. The summed E-state index contributed by atoms with van der Waals surface area (Å²) in [6.45, 7) is 4.83. The van der Waals surface area contributed by atoms with Crippen LogP contribution in [0.3, 0.4) is 0 Å². The van der Waals surface area contributed by atoms with Gasteiger partial charge in [-0.25, -0.2) is 0 Å². The van der Waals surface area contributed by atoms with Gasteiger partial charge in [0.2, 0.25) is 0 Å². The van der Waals surface area contributed by atoms with Gasteiger partial charge in [-0.1, -0.05) is 0 Å². The van der Waals surface area contributed by atoms with Crippen molar-refractivity contribution in [2.45, 2.75) is 43.4 Å². The molecule has 1 N–H and O–H groups in total. The molecule has 0 saturated carbocycles. The monoisotopic (exact) mass is 300 g/mol. The highest BCUT2D eigenvalue weighted by Crippen LogP contribution is 2.38. The summed E-state index contributed by atoms with van der Waals surface area (Å²) < 4.78 is 12.0. The van der Waals surface area contributed by atoms with Crippen LogP contribution in [0.25, 0.3) is 0 Å². The first-order valence-corrected chi connectivity index (χ1v) is 9.17. The summed E-state index contributed by atoms with van der Waals surface area (Å²) in [5.74, 6) is 2.54. The van der Waals surface area contributed by atoms with Crippen LogP contribution in [0.15, 0.2) is 0 Å². The van der Waals surface area contributed by atoms with Gasteiger partial charge in [0.15, 0.2) is 0 Å². The summed E-state index contributed by atoms with van der Waals surface area (Å²) in [5, 5.41) is 3.42. The molecule has 3 rings (SSSR count). The zero-order valence-corrected chi connectivity index (χ0v) is 13.4. The first-order valence-electron chi connectivity index (χ1n) is 8.02. The standard InChI is InChI=1S/C15H28N2O2S/c1-17(12-14-11-16-5-7-18-14)13-2-6-19-15(10-13)3-8-20-9-4-15/h13-14,16H,2-12H2,1H3. The van der Waals surface area contributed by atoms with E-state index in [9.17, 15) is 0 Å². The third-order valence-electron chi connectivity index (χ3n) is 4.99. The van der Waals surface area contributed by atoms with Crippen molar-refractivity contribution in [3.05, 3.63) is 0 Å². The maximum atomic E-state index is 6.19. The van der Waals surface area contributed by atoms with E-state index >= 15 is 0 Å². The van der Waals surface area contributed by atoms with Crippen LogP contribution in [-0.4, -0.2) is 74.0 Å². The molecule has 4 nitrogen and oxygen atoms in total. The molecule has 3 aliphatic heterocycles. The maximum Gasteiger partial charge on any atom is 0.0826 e. The lowest BCUT2D eigenvalue weighted by Crippen LogP contribution is -2.52. The van der Waals surface area contributed by atoms with E-state index in [0.717, 1.165) is 32.8 Å². The molecule has 2 unspecified atom stereocenters. The van der Waals surface area contributed by atoms with Crippen LogP contribution in [0.1, 0.15) is 25.7 Å². The molecule has 0 radical (unpaired) electrons. The van der Waals surface area contributed by atoms with E-state index in [0.29, 0.717) is 12.1 Å². The van der Waals surface area contributed by atoms with E-state index in [-0.39, 0.29) is 5.60 Å². The average Bonchev–Trinajstić information content (AvgIpc) is 2.49. The van der Waals surface area contributed by atoms with E-state index in [1.54, 1.807) is 0 Å². The minimum atomic E-state index is 0.189. The Balaban J connectivity index is 1.52. The minimum Gasteiger partial charge on any atom is -0.375 e. The number of ether oxygens (including phenoxy) is 2. The summed E-state index contributed by atoms with van der Waals surface area (Å²) in [6.07, 6.45) is 5.22. The number of likely N-dealkylation sites (N-methyl/N-ethyl adjacent to an activating group) is 1.